The van der Waals surface area contributed by atoms with E-state index in [0.717, 1.165) is 11.3 Å². The van der Waals surface area contributed by atoms with Crippen LogP contribution >= 0.6 is 23.4 Å². The second-order valence-electron chi connectivity index (χ2n) is 6.33. The average Bonchev–Trinajstić information content (AvgIpc) is 3.19. The van der Waals surface area contributed by atoms with E-state index < -0.39 is 0 Å². The van der Waals surface area contributed by atoms with Crippen LogP contribution in [0, 0.1) is 5.82 Å². The second-order valence-corrected chi connectivity index (χ2v) is 7.92. The Balaban J connectivity index is 1.56. The van der Waals surface area contributed by atoms with Crippen molar-refractivity contribution in [3.05, 3.63) is 94.8 Å². The van der Waals surface area contributed by atoms with E-state index in [4.69, 9.17) is 16.3 Å². The van der Waals surface area contributed by atoms with Crippen LogP contribution in [0.15, 0.2) is 72.8 Å². The summed E-state index contributed by atoms with van der Waals surface area (Å²) < 4.78 is 18.8. The number of hydrogen-bond donors (Lipinski definition) is 0. The minimum Gasteiger partial charge on any atom is -0.457 e. The predicted molar refractivity (Wildman–Crippen MR) is 111 cm³/mol. The highest BCUT2D eigenvalue weighted by Gasteiger charge is 2.32. The molecule has 1 heterocycles. The molecule has 1 aliphatic rings. The zero-order valence-electron chi connectivity index (χ0n) is 14.8. The van der Waals surface area contributed by atoms with Gasteiger partial charge < -0.3 is 9.64 Å². The van der Waals surface area contributed by atoms with E-state index in [-0.39, 0.29) is 17.1 Å². The predicted octanol–water partition coefficient (Wildman–Crippen LogP) is 6.16. The van der Waals surface area contributed by atoms with E-state index in [1.807, 2.05) is 29.2 Å². The van der Waals surface area contributed by atoms with Gasteiger partial charge >= 0.3 is 0 Å². The molecule has 28 heavy (non-hydrogen) atoms. The smallest absolute Gasteiger partial charge is 0.255 e. The number of ether oxygens (including phenoxy) is 1. The highest BCUT2D eigenvalue weighted by Crippen LogP contribution is 2.41. The Morgan fingerprint density at radius 3 is 2.61 bits per heavy atom. The summed E-state index contributed by atoms with van der Waals surface area (Å²) in [6.45, 7) is 0.655. The number of carbonyl (C=O) groups is 1. The normalized spacial score (nSPS) is 16.2. The standard InChI is InChI=1S/C22H17ClFNO2S/c23-20-7-2-1-6-19(20)22-25(12-13-28-22)21(26)15-4-3-5-18(14-15)27-17-10-8-16(24)9-11-17/h1-11,14,22H,12-13H2. The van der Waals surface area contributed by atoms with Gasteiger partial charge in [-0.1, -0.05) is 35.9 Å². The summed E-state index contributed by atoms with van der Waals surface area (Å²) in [6, 6.07) is 20.4. The SMILES string of the molecule is O=C(c1cccc(Oc2ccc(F)cc2)c1)N1CCSC1c1ccccc1Cl. The highest BCUT2D eigenvalue weighted by molar-refractivity contribution is 7.99. The average molecular weight is 414 g/mol. The highest BCUT2D eigenvalue weighted by atomic mass is 35.5. The number of amides is 1. The molecule has 0 spiro atoms. The van der Waals surface area contributed by atoms with Crippen LogP contribution in [-0.4, -0.2) is 23.1 Å². The molecule has 6 heteroatoms. The Bertz CT molecular complexity index is 996. The van der Waals surface area contributed by atoms with Crippen molar-refractivity contribution in [3.8, 4) is 11.5 Å². The van der Waals surface area contributed by atoms with Gasteiger partial charge in [-0.3, -0.25) is 4.79 Å². The van der Waals surface area contributed by atoms with E-state index in [2.05, 4.69) is 0 Å². The van der Waals surface area contributed by atoms with E-state index in [1.54, 1.807) is 48.2 Å². The molecule has 3 aromatic rings. The summed E-state index contributed by atoms with van der Waals surface area (Å²) in [5.41, 5.74) is 1.48. The fourth-order valence-corrected chi connectivity index (χ4v) is 4.70. The van der Waals surface area contributed by atoms with Crippen molar-refractivity contribution < 1.29 is 13.9 Å². The van der Waals surface area contributed by atoms with E-state index >= 15 is 0 Å². The van der Waals surface area contributed by atoms with E-state index in [1.165, 1.54) is 12.1 Å². The molecule has 3 nitrogen and oxygen atoms in total. The third-order valence-corrected chi connectivity index (χ3v) is 6.04. The molecule has 0 radical (unpaired) electrons. The van der Waals surface area contributed by atoms with Gasteiger partial charge in [-0.05, 0) is 48.5 Å². The number of benzene rings is 3. The van der Waals surface area contributed by atoms with Crippen molar-refractivity contribution >= 4 is 29.3 Å². The summed E-state index contributed by atoms with van der Waals surface area (Å²) in [6.07, 6.45) is 0. The largest absolute Gasteiger partial charge is 0.457 e. The van der Waals surface area contributed by atoms with Crippen LogP contribution in [0.3, 0.4) is 0 Å². The van der Waals surface area contributed by atoms with Gasteiger partial charge in [-0.2, -0.15) is 0 Å². The first kappa shape index (κ1) is 18.8. The Morgan fingerprint density at radius 2 is 1.82 bits per heavy atom. The number of nitrogens with zero attached hydrogens (tertiary/aromatic N) is 1. The maximum atomic E-state index is 13.2. The van der Waals surface area contributed by atoms with Crippen LogP contribution in [0.2, 0.25) is 5.02 Å². The zero-order valence-corrected chi connectivity index (χ0v) is 16.4. The lowest BCUT2D eigenvalue weighted by Gasteiger charge is -2.25. The number of carbonyl (C=O) groups excluding carboxylic acids is 1. The van der Waals surface area contributed by atoms with Crippen molar-refractivity contribution in [2.24, 2.45) is 0 Å². The molecule has 0 aromatic heterocycles. The molecule has 1 aliphatic heterocycles. The van der Waals surface area contributed by atoms with Crippen LogP contribution < -0.4 is 4.74 Å². The molecule has 1 amide bonds. The number of rotatable bonds is 4. The summed E-state index contributed by atoms with van der Waals surface area (Å²) in [5, 5.41) is 0.552. The lowest BCUT2D eigenvalue weighted by molar-refractivity contribution is 0.0760. The van der Waals surface area contributed by atoms with E-state index in [0.29, 0.717) is 28.6 Å². The lowest BCUT2D eigenvalue weighted by atomic mass is 10.1. The molecule has 0 N–H and O–H groups in total. The quantitative estimate of drug-likeness (QED) is 0.513. The Kier molecular flexibility index (Phi) is 5.55. The molecule has 1 saturated heterocycles. The van der Waals surface area contributed by atoms with Crippen LogP contribution in [0.4, 0.5) is 4.39 Å². The van der Waals surface area contributed by atoms with Gasteiger partial charge in [0.05, 0.1) is 0 Å². The molecule has 1 atom stereocenters. The minimum atomic E-state index is -0.326. The third-order valence-electron chi connectivity index (χ3n) is 4.45. The van der Waals surface area contributed by atoms with Crippen LogP contribution in [-0.2, 0) is 0 Å². The first-order valence-electron chi connectivity index (χ1n) is 8.82. The Hall–Kier alpha value is -2.50. The summed E-state index contributed by atoms with van der Waals surface area (Å²) >= 11 is 8.05. The molecule has 0 bridgehead atoms. The van der Waals surface area contributed by atoms with Gasteiger partial charge in [-0.15, -0.1) is 11.8 Å². The first-order chi connectivity index (χ1) is 13.6. The van der Waals surface area contributed by atoms with E-state index in [9.17, 15) is 9.18 Å². The topological polar surface area (TPSA) is 29.5 Å². The van der Waals surface area contributed by atoms with Crippen molar-refractivity contribution in [1.29, 1.82) is 0 Å². The maximum absolute atomic E-state index is 13.2. The number of halogens is 2. The van der Waals surface area contributed by atoms with Crippen molar-refractivity contribution in [3.63, 3.8) is 0 Å². The lowest BCUT2D eigenvalue weighted by Crippen LogP contribution is -2.30. The van der Waals surface area contributed by atoms with Crippen molar-refractivity contribution in [2.45, 2.75) is 5.37 Å². The van der Waals surface area contributed by atoms with Gasteiger partial charge in [0.25, 0.3) is 5.91 Å². The summed E-state index contributed by atoms with van der Waals surface area (Å²) in [7, 11) is 0. The van der Waals surface area contributed by atoms with Crippen LogP contribution in [0.25, 0.3) is 0 Å². The van der Waals surface area contributed by atoms with Crippen LogP contribution in [0.5, 0.6) is 11.5 Å². The van der Waals surface area contributed by atoms with Crippen molar-refractivity contribution in [2.75, 3.05) is 12.3 Å². The number of thioether (sulfide) groups is 1. The Morgan fingerprint density at radius 1 is 1.04 bits per heavy atom. The molecule has 0 aliphatic carbocycles. The van der Waals surface area contributed by atoms with Gasteiger partial charge in [0, 0.05) is 28.4 Å². The van der Waals surface area contributed by atoms with Gasteiger partial charge in [-0.25, -0.2) is 4.39 Å². The zero-order chi connectivity index (χ0) is 19.5. The first-order valence-corrected chi connectivity index (χ1v) is 10.2. The molecule has 0 saturated carbocycles. The fourth-order valence-electron chi connectivity index (χ4n) is 3.11. The van der Waals surface area contributed by atoms with Crippen LogP contribution in [0.1, 0.15) is 21.3 Å². The number of hydrogen-bond acceptors (Lipinski definition) is 3. The molecule has 1 unspecified atom stereocenters. The maximum Gasteiger partial charge on any atom is 0.255 e. The van der Waals surface area contributed by atoms with Gasteiger partial charge in [0.2, 0.25) is 0 Å². The third kappa shape index (κ3) is 4.01. The van der Waals surface area contributed by atoms with Crippen molar-refractivity contribution in [1.82, 2.24) is 4.90 Å². The molecule has 1 fully saturated rings. The molecular weight excluding hydrogens is 397 g/mol. The molecular formula is C22H17ClFNO2S. The molecule has 4 rings (SSSR count). The molecule has 3 aromatic carbocycles. The fraction of sp³-hybridized carbons (Fsp3) is 0.136. The minimum absolute atomic E-state index is 0.0699. The second kappa shape index (κ2) is 8.25. The Labute approximate surface area is 172 Å². The summed E-state index contributed by atoms with van der Waals surface area (Å²) in [5.74, 6) is 1.50. The van der Waals surface area contributed by atoms with Gasteiger partial charge in [0.1, 0.15) is 22.7 Å². The molecule has 142 valence electrons. The monoisotopic (exact) mass is 413 g/mol. The summed E-state index contributed by atoms with van der Waals surface area (Å²) in [4.78, 5) is 15.0. The van der Waals surface area contributed by atoms with Gasteiger partial charge in [0.15, 0.2) is 0 Å².